The highest BCUT2D eigenvalue weighted by molar-refractivity contribution is 5.86. The summed E-state index contributed by atoms with van der Waals surface area (Å²) in [6, 6.07) is 12.1. The standard InChI is InChI=1S/C28H34FN5O4/c1-28(2,3)38-27(36)34-15-16-37-18-24(34)26(35)33-13-11-32(12-14-33)19-9-10-21(29)20(17-19)25-30-22-7-5-6-8-23(22)31(25)4/h5-10,17,24H,11-16,18H2,1-4H3/t24-/m0/s1. The minimum atomic E-state index is -0.708. The smallest absolute Gasteiger partial charge is 0.411 e. The number of nitrogens with zero attached hydrogens (tertiary/aromatic N) is 5. The van der Waals surface area contributed by atoms with Crippen molar-refractivity contribution in [2.45, 2.75) is 32.4 Å². The molecule has 0 unspecified atom stereocenters. The molecule has 202 valence electrons. The van der Waals surface area contributed by atoms with Crippen LogP contribution in [0.3, 0.4) is 0 Å². The number of halogens is 1. The van der Waals surface area contributed by atoms with Gasteiger partial charge in [-0.3, -0.25) is 9.69 Å². The first-order chi connectivity index (χ1) is 18.1. The number of aryl methyl sites for hydroxylation is 1. The predicted molar refractivity (Wildman–Crippen MR) is 142 cm³/mol. The van der Waals surface area contributed by atoms with Gasteiger partial charge in [0.2, 0.25) is 5.91 Å². The van der Waals surface area contributed by atoms with E-state index in [0.29, 0.717) is 50.7 Å². The zero-order chi connectivity index (χ0) is 27.0. The van der Waals surface area contributed by atoms with Crippen LogP contribution in [0.5, 0.6) is 0 Å². The molecule has 2 fully saturated rings. The molecule has 0 aliphatic carbocycles. The van der Waals surface area contributed by atoms with Crippen molar-refractivity contribution in [2.75, 3.05) is 50.8 Å². The fraction of sp³-hybridized carbons (Fsp3) is 0.464. The summed E-state index contributed by atoms with van der Waals surface area (Å²) in [5.74, 6) is 0.0918. The molecule has 0 saturated carbocycles. The van der Waals surface area contributed by atoms with Gasteiger partial charge in [-0.2, -0.15) is 0 Å². The van der Waals surface area contributed by atoms with Gasteiger partial charge >= 0.3 is 6.09 Å². The molecule has 38 heavy (non-hydrogen) atoms. The Balaban J connectivity index is 1.28. The third kappa shape index (κ3) is 5.18. The predicted octanol–water partition coefficient (Wildman–Crippen LogP) is 3.66. The molecule has 3 aromatic rings. The van der Waals surface area contributed by atoms with E-state index in [1.807, 2.05) is 41.9 Å². The van der Waals surface area contributed by atoms with Crippen molar-refractivity contribution in [1.29, 1.82) is 0 Å². The summed E-state index contributed by atoms with van der Waals surface area (Å²) in [7, 11) is 1.89. The van der Waals surface area contributed by atoms with Gasteiger partial charge in [-0.25, -0.2) is 14.2 Å². The van der Waals surface area contributed by atoms with Crippen molar-refractivity contribution in [3.05, 3.63) is 48.3 Å². The molecular weight excluding hydrogens is 489 g/mol. The number of hydrogen-bond acceptors (Lipinski definition) is 6. The fourth-order valence-electron chi connectivity index (χ4n) is 5.01. The molecule has 1 atom stereocenters. The molecule has 9 nitrogen and oxygen atoms in total. The van der Waals surface area contributed by atoms with Crippen LogP contribution in [0.15, 0.2) is 42.5 Å². The van der Waals surface area contributed by atoms with Crippen molar-refractivity contribution in [3.63, 3.8) is 0 Å². The highest BCUT2D eigenvalue weighted by Crippen LogP contribution is 2.30. The average Bonchev–Trinajstić information content (AvgIpc) is 3.24. The van der Waals surface area contributed by atoms with Gasteiger partial charge in [0.15, 0.2) is 0 Å². The first-order valence-corrected chi connectivity index (χ1v) is 12.9. The maximum atomic E-state index is 14.9. The van der Waals surface area contributed by atoms with Gasteiger partial charge in [-0.1, -0.05) is 12.1 Å². The van der Waals surface area contributed by atoms with Gasteiger partial charge in [0, 0.05) is 45.5 Å². The Morgan fingerprint density at radius 2 is 1.79 bits per heavy atom. The van der Waals surface area contributed by atoms with Crippen LogP contribution in [-0.2, 0) is 21.3 Å². The number of piperazine rings is 1. The maximum Gasteiger partial charge on any atom is 0.411 e. The molecule has 3 heterocycles. The van der Waals surface area contributed by atoms with Gasteiger partial charge in [-0.05, 0) is 51.1 Å². The molecular formula is C28H34FN5O4. The average molecular weight is 524 g/mol. The van der Waals surface area contributed by atoms with E-state index in [9.17, 15) is 14.0 Å². The zero-order valence-corrected chi connectivity index (χ0v) is 22.3. The Morgan fingerprint density at radius 3 is 2.50 bits per heavy atom. The summed E-state index contributed by atoms with van der Waals surface area (Å²) in [5, 5.41) is 0. The fourth-order valence-corrected chi connectivity index (χ4v) is 5.01. The van der Waals surface area contributed by atoms with E-state index in [4.69, 9.17) is 9.47 Å². The topological polar surface area (TPSA) is 80.1 Å². The lowest BCUT2D eigenvalue weighted by atomic mass is 10.1. The third-order valence-corrected chi connectivity index (χ3v) is 6.98. The summed E-state index contributed by atoms with van der Waals surface area (Å²) < 4.78 is 27.9. The summed E-state index contributed by atoms with van der Waals surface area (Å²) in [4.78, 5) is 36.2. The molecule has 2 aromatic carbocycles. The van der Waals surface area contributed by atoms with Crippen LogP contribution in [0.1, 0.15) is 20.8 Å². The number of para-hydroxylation sites is 2. The lowest BCUT2D eigenvalue weighted by Crippen LogP contribution is -2.60. The number of fused-ring (bicyclic) bond motifs is 1. The minimum absolute atomic E-state index is 0.144. The minimum Gasteiger partial charge on any atom is -0.444 e. The lowest BCUT2D eigenvalue weighted by molar-refractivity contribution is -0.143. The zero-order valence-electron chi connectivity index (χ0n) is 22.3. The van der Waals surface area contributed by atoms with Crippen LogP contribution in [-0.4, -0.2) is 88.9 Å². The number of amides is 2. The van der Waals surface area contributed by atoms with E-state index >= 15 is 0 Å². The van der Waals surface area contributed by atoms with Gasteiger partial charge in [0.25, 0.3) is 0 Å². The number of rotatable bonds is 3. The Labute approximate surface area is 221 Å². The lowest BCUT2D eigenvalue weighted by Gasteiger charge is -2.41. The van der Waals surface area contributed by atoms with Crippen LogP contribution in [0.2, 0.25) is 0 Å². The van der Waals surface area contributed by atoms with E-state index in [2.05, 4.69) is 9.88 Å². The molecule has 0 radical (unpaired) electrons. The number of benzene rings is 2. The summed E-state index contributed by atoms with van der Waals surface area (Å²) in [5.41, 5.74) is 2.41. The van der Waals surface area contributed by atoms with Gasteiger partial charge < -0.3 is 23.8 Å². The number of anilines is 1. The van der Waals surface area contributed by atoms with Gasteiger partial charge in [-0.15, -0.1) is 0 Å². The summed E-state index contributed by atoms with van der Waals surface area (Å²) >= 11 is 0. The Kier molecular flexibility index (Phi) is 7.00. The quantitative estimate of drug-likeness (QED) is 0.521. The number of morpholine rings is 1. The molecule has 0 N–H and O–H groups in total. The van der Waals surface area contributed by atoms with E-state index in [0.717, 1.165) is 16.7 Å². The van der Waals surface area contributed by atoms with E-state index < -0.39 is 17.7 Å². The third-order valence-electron chi connectivity index (χ3n) is 6.98. The Hall–Kier alpha value is -3.66. The van der Waals surface area contributed by atoms with Crippen molar-refractivity contribution in [1.82, 2.24) is 19.4 Å². The second-order valence-corrected chi connectivity index (χ2v) is 10.7. The highest BCUT2D eigenvalue weighted by Gasteiger charge is 2.38. The van der Waals surface area contributed by atoms with E-state index in [1.165, 1.54) is 11.0 Å². The number of hydrogen-bond donors (Lipinski definition) is 0. The molecule has 1 aromatic heterocycles. The first-order valence-electron chi connectivity index (χ1n) is 12.9. The van der Waals surface area contributed by atoms with Crippen molar-refractivity contribution < 1.29 is 23.5 Å². The Morgan fingerprint density at radius 1 is 1.05 bits per heavy atom. The largest absolute Gasteiger partial charge is 0.444 e. The second-order valence-electron chi connectivity index (χ2n) is 10.7. The highest BCUT2D eigenvalue weighted by atomic mass is 19.1. The number of imidazole rings is 1. The van der Waals surface area contributed by atoms with Crippen molar-refractivity contribution >= 4 is 28.7 Å². The van der Waals surface area contributed by atoms with E-state index in [-0.39, 0.29) is 18.3 Å². The molecule has 0 bridgehead atoms. The SMILES string of the molecule is Cn1c(-c2cc(N3CCN(C(=O)[C@@H]4COCCN4C(=O)OC(C)(C)C)CC3)ccc2F)nc2ccccc21. The molecule has 2 aliphatic heterocycles. The number of carbonyl (C=O) groups excluding carboxylic acids is 2. The van der Waals surface area contributed by atoms with Crippen LogP contribution in [0, 0.1) is 5.82 Å². The number of aromatic nitrogens is 2. The van der Waals surface area contributed by atoms with Gasteiger partial charge in [0.1, 0.15) is 23.3 Å². The molecule has 0 spiro atoms. The van der Waals surface area contributed by atoms with Crippen LogP contribution < -0.4 is 4.90 Å². The normalized spacial score (nSPS) is 18.7. The summed E-state index contributed by atoms with van der Waals surface area (Å²) in [6.45, 7) is 8.37. The van der Waals surface area contributed by atoms with Crippen molar-refractivity contribution in [2.24, 2.45) is 7.05 Å². The van der Waals surface area contributed by atoms with Crippen LogP contribution in [0.25, 0.3) is 22.4 Å². The molecule has 2 saturated heterocycles. The summed E-state index contributed by atoms with van der Waals surface area (Å²) in [6.07, 6.45) is -0.501. The van der Waals surface area contributed by atoms with Crippen LogP contribution >= 0.6 is 0 Å². The molecule has 10 heteroatoms. The maximum absolute atomic E-state index is 14.9. The van der Waals surface area contributed by atoms with Crippen LogP contribution in [0.4, 0.5) is 14.9 Å². The second kappa shape index (κ2) is 10.2. The molecule has 5 rings (SSSR count). The first kappa shape index (κ1) is 26.0. The van der Waals surface area contributed by atoms with Gasteiger partial charge in [0.05, 0.1) is 29.8 Å². The molecule has 2 amide bonds. The number of carbonyl (C=O) groups is 2. The molecule has 2 aliphatic rings. The van der Waals surface area contributed by atoms with E-state index in [1.54, 1.807) is 31.7 Å². The van der Waals surface area contributed by atoms with Crippen molar-refractivity contribution in [3.8, 4) is 11.4 Å². The number of ether oxygens (including phenoxy) is 2. The Bertz CT molecular complexity index is 1340. The monoisotopic (exact) mass is 523 g/mol.